The van der Waals surface area contributed by atoms with Gasteiger partial charge in [-0.15, -0.1) is 0 Å². The van der Waals surface area contributed by atoms with Gasteiger partial charge in [-0.1, -0.05) is 18.2 Å². The molecule has 16 heavy (non-hydrogen) atoms. The van der Waals surface area contributed by atoms with E-state index in [0.29, 0.717) is 0 Å². The van der Waals surface area contributed by atoms with Crippen molar-refractivity contribution in [1.29, 1.82) is 0 Å². The molecule has 0 saturated heterocycles. The standard InChI is InChI=1S/C13H16N2O/c1-10-5-6-12(9-11(10)2)7-8-13(16)15(4)14-3/h5-9H,3H2,1-2,4H3/b8-7+. The minimum Gasteiger partial charge on any atom is -0.268 e. The molecular formula is C13H16N2O. The highest BCUT2D eigenvalue weighted by atomic mass is 16.2. The van der Waals surface area contributed by atoms with Gasteiger partial charge >= 0.3 is 0 Å². The first-order valence-corrected chi connectivity index (χ1v) is 5.04. The lowest BCUT2D eigenvalue weighted by atomic mass is 10.1. The van der Waals surface area contributed by atoms with Crippen molar-refractivity contribution in [2.75, 3.05) is 7.05 Å². The van der Waals surface area contributed by atoms with Gasteiger partial charge in [-0.2, -0.15) is 5.10 Å². The normalized spacial score (nSPS) is 10.4. The molecule has 3 heteroatoms. The predicted octanol–water partition coefficient (Wildman–Crippen LogP) is 2.39. The van der Waals surface area contributed by atoms with Gasteiger partial charge < -0.3 is 0 Å². The molecule has 0 bridgehead atoms. The predicted molar refractivity (Wildman–Crippen MR) is 67.3 cm³/mol. The molecule has 0 heterocycles. The Bertz CT molecular complexity index is 436. The minimum atomic E-state index is -0.187. The number of carbonyl (C=O) groups excluding carboxylic acids is 1. The second-order valence-electron chi connectivity index (χ2n) is 3.68. The van der Waals surface area contributed by atoms with Gasteiger partial charge in [0.1, 0.15) is 0 Å². The van der Waals surface area contributed by atoms with Crippen LogP contribution in [0.3, 0.4) is 0 Å². The molecule has 0 aliphatic heterocycles. The smallest absolute Gasteiger partial charge is 0.266 e. The fourth-order valence-electron chi connectivity index (χ4n) is 1.21. The van der Waals surface area contributed by atoms with Crippen LogP contribution >= 0.6 is 0 Å². The zero-order valence-electron chi connectivity index (χ0n) is 9.90. The Morgan fingerprint density at radius 2 is 2.06 bits per heavy atom. The molecule has 84 valence electrons. The zero-order valence-corrected chi connectivity index (χ0v) is 9.90. The van der Waals surface area contributed by atoms with Gasteiger partial charge in [0.05, 0.1) is 0 Å². The fourth-order valence-corrected chi connectivity index (χ4v) is 1.21. The molecule has 0 aliphatic rings. The van der Waals surface area contributed by atoms with Crippen LogP contribution in [0.2, 0.25) is 0 Å². The summed E-state index contributed by atoms with van der Waals surface area (Å²) in [5, 5.41) is 4.71. The highest BCUT2D eigenvalue weighted by Crippen LogP contribution is 2.11. The van der Waals surface area contributed by atoms with E-state index in [1.165, 1.54) is 22.2 Å². The lowest BCUT2D eigenvalue weighted by molar-refractivity contribution is -0.124. The molecule has 0 spiro atoms. The van der Waals surface area contributed by atoms with Gasteiger partial charge in [0.15, 0.2) is 0 Å². The van der Waals surface area contributed by atoms with E-state index < -0.39 is 0 Å². The van der Waals surface area contributed by atoms with E-state index in [0.717, 1.165) is 5.56 Å². The molecule has 0 fully saturated rings. The van der Waals surface area contributed by atoms with Crippen LogP contribution in [0.4, 0.5) is 0 Å². The summed E-state index contributed by atoms with van der Waals surface area (Å²) in [5.74, 6) is -0.187. The van der Waals surface area contributed by atoms with Crippen LogP contribution in [0.5, 0.6) is 0 Å². The van der Waals surface area contributed by atoms with E-state index in [-0.39, 0.29) is 5.91 Å². The van der Waals surface area contributed by atoms with Crippen molar-refractivity contribution in [2.45, 2.75) is 13.8 Å². The van der Waals surface area contributed by atoms with Crippen LogP contribution < -0.4 is 0 Å². The Kier molecular flexibility index (Phi) is 4.00. The maximum atomic E-state index is 11.4. The number of rotatable bonds is 3. The Hall–Kier alpha value is -1.90. The Balaban J connectivity index is 2.80. The first-order chi connectivity index (χ1) is 7.54. The van der Waals surface area contributed by atoms with Crippen LogP contribution in [-0.4, -0.2) is 24.7 Å². The number of hydrazone groups is 1. The summed E-state index contributed by atoms with van der Waals surface area (Å²) >= 11 is 0. The van der Waals surface area contributed by atoms with Crippen LogP contribution in [0.15, 0.2) is 29.4 Å². The second-order valence-corrected chi connectivity index (χ2v) is 3.68. The molecule has 0 aliphatic carbocycles. The minimum absolute atomic E-state index is 0.187. The van der Waals surface area contributed by atoms with E-state index >= 15 is 0 Å². The average Bonchev–Trinajstić information content (AvgIpc) is 2.29. The summed E-state index contributed by atoms with van der Waals surface area (Å²) in [4.78, 5) is 11.4. The van der Waals surface area contributed by atoms with Crippen LogP contribution in [-0.2, 0) is 4.79 Å². The van der Waals surface area contributed by atoms with Crippen molar-refractivity contribution in [3.05, 3.63) is 41.0 Å². The number of likely N-dealkylation sites (N-methyl/N-ethyl adjacent to an activating group) is 1. The lowest BCUT2D eigenvalue weighted by Crippen LogP contribution is -2.17. The average molecular weight is 216 g/mol. The Morgan fingerprint density at radius 1 is 1.38 bits per heavy atom. The third kappa shape index (κ3) is 3.05. The Morgan fingerprint density at radius 3 is 2.62 bits per heavy atom. The largest absolute Gasteiger partial charge is 0.268 e. The van der Waals surface area contributed by atoms with Crippen molar-refractivity contribution in [3.8, 4) is 0 Å². The summed E-state index contributed by atoms with van der Waals surface area (Å²) in [5.41, 5.74) is 3.46. The molecule has 1 amide bonds. The van der Waals surface area contributed by atoms with Crippen LogP contribution in [0, 0.1) is 13.8 Å². The molecule has 1 rings (SSSR count). The molecule has 0 N–H and O–H groups in total. The third-order valence-electron chi connectivity index (χ3n) is 2.48. The molecule has 0 unspecified atom stereocenters. The van der Waals surface area contributed by atoms with E-state index in [2.05, 4.69) is 18.7 Å². The summed E-state index contributed by atoms with van der Waals surface area (Å²) in [6, 6.07) is 6.06. The first-order valence-electron chi connectivity index (χ1n) is 5.04. The maximum absolute atomic E-state index is 11.4. The molecule has 0 saturated carbocycles. The maximum Gasteiger partial charge on any atom is 0.266 e. The number of benzene rings is 1. The van der Waals surface area contributed by atoms with Crippen LogP contribution in [0.1, 0.15) is 16.7 Å². The number of hydrogen-bond donors (Lipinski definition) is 0. The number of carbonyl (C=O) groups is 1. The zero-order chi connectivity index (χ0) is 12.1. The van der Waals surface area contributed by atoms with Crippen molar-refractivity contribution in [3.63, 3.8) is 0 Å². The van der Waals surface area contributed by atoms with Gasteiger partial charge in [-0.3, -0.25) is 4.79 Å². The van der Waals surface area contributed by atoms with Gasteiger partial charge in [-0.25, -0.2) is 5.01 Å². The summed E-state index contributed by atoms with van der Waals surface area (Å²) in [7, 11) is 1.57. The van der Waals surface area contributed by atoms with Crippen molar-refractivity contribution in [1.82, 2.24) is 5.01 Å². The molecular weight excluding hydrogens is 200 g/mol. The number of amides is 1. The number of aryl methyl sites for hydroxylation is 2. The first kappa shape index (κ1) is 12.2. The molecule has 0 radical (unpaired) electrons. The molecule has 0 atom stereocenters. The molecule has 0 aromatic heterocycles. The van der Waals surface area contributed by atoms with Gasteiger partial charge in [0, 0.05) is 19.8 Å². The molecule has 3 nitrogen and oxygen atoms in total. The summed E-state index contributed by atoms with van der Waals surface area (Å²) in [6.45, 7) is 7.39. The van der Waals surface area contributed by atoms with Crippen LogP contribution in [0.25, 0.3) is 6.08 Å². The number of nitrogens with zero attached hydrogens (tertiary/aromatic N) is 2. The summed E-state index contributed by atoms with van der Waals surface area (Å²) < 4.78 is 0. The van der Waals surface area contributed by atoms with E-state index in [1.54, 1.807) is 13.1 Å². The topological polar surface area (TPSA) is 32.7 Å². The van der Waals surface area contributed by atoms with Crippen molar-refractivity contribution < 1.29 is 4.79 Å². The fraction of sp³-hybridized carbons (Fsp3) is 0.231. The SMILES string of the molecule is C=NN(C)C(=O)/C=C/c1ccc(C)c(C)c1. The van der Waals surface area contributed by atoms with E-state index in [9.17, 15) is 4.79 Å². The van der Waals surface area contributed by atoms with Gasteiger partial charge in [-0.05, 0) is 36.6 Å². The lowest BCUT2D eigenvalue weighted by Gasteiger charge is -2.05. The second kappa shape index (κ2) is 5.26. The number of hydrogen-bond acceptors (Lipinski definition) is 2. The third-order valence-corrected chi connectivity index (χ3v) is 2.48. The van der Waals surface area contributed by atoms with E-state index in [4.69, 9.17) is 0 Å². The highest BCUT2D eigenvalue weighted by molar-refractivity contribution is 5.91. The summed E-state index contributed by atoms with van der Waals surface area (Å²) in [6.07, 6.45) is 3.26. The monoisotopic (exact) mass is 216 g/mol. The van der Waals surface area contributed by atoms with Gasteiger partial charge in [0.2, 0.25) is 0 Å². The molecule has 1 aromatic carbocycles. The Labute approximate surface area is 96.1 Å². The highest BCUT2D eigenvalue weighted by Gasteiger charge is 2.00. The van der Waals surface area contributed by atoms with Crippen molar-refractivity contribution >= 4 is 18.7 Å². The molecule has 1 aromatic rings. The van der Waals surface area contributed by atoms with E-state index in [1.807, 2.05) is 25.1 Å². The van der Waals surface area contributed by atoms with Crippen molar-refractivity contribution in [2.24, 2.45) is 5.10 Å². The van der Waals surface area contributed by atoms with Gasteiger partial charge in [0.25, 0.3) is 5.91 Å². The quantitative estimate of drug-likeness (QED) is 0.434.